The van der Waals surface area contributed by atoms with Crippen LogP contribution in [0.5, 0.6) is 0 Å². The smallest absolute Gasteiger partial charge is 0.352 e. The lowest BCUT2D eigenvalue weighted by Crippen LogP contribution is -2.53. The summed E-state index contributed by atoms with van der Waals surface area (Å²) < 4.78 is 57.9. The van der Waals surface area contributed by atoms with Crippen LogP contribution in [0.25, 0.3) is 0 Å². The summed E-state index contributed by atoms with van der Waals surface area (Å²) in [6, 6.07) is 4.65. The Labute approximate surface area is 186 Å². The first kappa shape index (κ1) is 22.5. The van der Waals surface area contributed by atoms with E-state index < -0.39 is 53.1 Å². The molecule has 4 rings (SSSR count). The molecule has 0 aromatic heterocycles. The number of carbonyl (C=O) groups excluding carboxylic acids is 2. The molecule has 2 aromatic carbocycles. The summed E-state index contributed by atoms with van der Waals surface area (Å²) in [5.74, 6) is -8.64. The first-order chi connectivity index (χ1) is 15.1. The highest BCUT2D eigenvalue weighted by molar-refractivity contribution is 6.31. The van der Waals surface area contributed by atoms with E-state index in [-0.39, 0.29) is 29.1 Å². The third-order valence-corrected chi connectivity index (χ3v) is 6.25. The number of nitrogens with zero attached hydrogens (tertiary/aromatic N) is 1. The lowest BCUT2D eigenvalue weighted by molar-refractivity contribution is -0.166. The van der Waals surface area contributed by atoms with Crippen LogP contribution in [0.2, 0.25) is 5.02 Å². The Bertz CT molecular complexity index is 1070. The predicted molar refractivity (Wildman–Crippen MR) is 109 cm³/mol. The van der Waals surface area contributed by atoms with Crippen LogP contribution in [-0.4, -0.2) is 40.0 Å². The van der Waals surface area contributed by atoms with E-state index >= 15 is 8.78 Å². The van der Waals surface area contributed by atoms with Crippen molar-refractivity contribution in [3.8, 4) is 0 Å². The van der Waals surface area contributed by atoms with Crippen LogP contribution in [-0.2, 0) is 10.7 Å². The van der Waals surface area contributed by atoms with Gasteiger partial charge >= 0.3 is 5.92 Å². The Morgan fingerprint density at radius 1 is 1.03 bits per heavy atom. The van der Waals surface area contributed by atoms with Crippen molar-refractivity contribution in [1.29, 1.82) is 0 Å². The van der Waals surface area contributed by atoms with E-state index in [1.165, 1.54) is 6.07 Å². The zero-order valence-electron chi connectivity index (χ0n) is 16.6. The molecule has 2 heterocycles. The summed E-state index contributed by atoms with van der Waals surface area (Å²) in [6.45, 7) is 0. The van der Waals surface area contributed by atoms with E-state index in [2.05, 4.69) is 5.32 Å². The lowest BCUT2D eigenvalue weighted by atomic mass is 9.96. The molecule has 2 aliphatic heterocycles. The Balaban J connectivity index is 1.59. The van der Waals surface area contributed by atoms with Crippen molar-refractivity contribution < 1.29 is 32.3 Å². The summed E-state index contributed by atoms with van der Waals surface area (Å²) in [5.41, 5.74) is -1.41. The van der Waals surface area contributed by atoms with Gasteiger partial charge in [0.05, 0.1) is 16.7 Å². The Hall–Kier alpha value is -2.65. The van der Waals surface area contributed by atoms with Gasteiger partial charge in [0, 0.05) is 23.3 Å². The molecule has 2 fully saturated rings. The van der Waals surface area contributed by atoms with Gasteiger partial charge in [-0.15, -0.1) is 0 Å². The number of piperidine rings is 1. The molecule has 0 spiro atoms. The van der Waals surface area contributed by atoms with Gasteiger partial charge in [-0.2, -0.15) is 8.78 Å². The van der Waals surface area contributed by atoms with Crippen LogP contribution in [0, 0.1) is 11.6 Å². The highest BCUT2D eigenvalue weighted by atomic mass is 35.5. The zero-order valence-corrected chi connectivity index (χ0v) is 17.4. The van der Waals surface area contributed by atoms with Crippen molar-refractivity contribution in [2.45, 2.75) is 49.8 Å². The molecule has 0 unspecified atom stereocenters. The quantitative estimate of drug-likeness (QED) is 0.647. The third kappa shape index (κ3) is 4.06. The largest absolute Gasteiger partial charge is 0.393 e. The number of hydrogen-bond donors (Lipinski definition) is 2. The molecule has 2 N–H and O–H groups in total. The van der Waals surface area contributed by atoms with Gasteiger partial charge in [0.15, 0.2) is 0 Å². The fraction of sp³-hybridized carbons (Fsp3) is 0.364. The van der Waals surface area contributed by atoms with E-state index in [0.717, 1.165) is 23.1 Å². The van der Waals surface area contributed by atoms with Crippen molar-refractivity contribution in [3.05, 3.63) is 64.2 Å². The van der Waals surface area contributed by atoms with E-state index in [4.69, 9.17) is 11.6 Å². The summed E-state index contributed by atoms with van der Waals surface area (Å²) in [4.78, 5) is 26.3. The van der Waals surface area contributed by atoms with Crippen LogP contribution in [0.4, 0.5) is 23.2 Å². The standard InChI is InChI=1S/C22H19ClF4N2O3/c23-17-8-12(2-6-19(17)25)28-20(31)11-1-5-18(24)16(7-11)22(26,27)21(32)29-13-3-4-14(29)10-15(30)9-13/h1-2,5-8,13-15,30H,3-4,9-10H2,(H,28,31)/t13-,14+,15+. The second-order valence-electron chi connectivity index (χ2n) is 8.07. The van der Waals surface area contributed by atoms with Crippen molar-refractivity contribution in [2.24, 2.45) is 0 Å². The molecule has 32 heavy (non-hydrogen) atoms. The van der Waals surface area contributed by atoms with E-state index in [0.29, 0.717) is 25.0 Å². The first-order valence-corrected chi connectivity index (χ1v) is 10.4. The van der Waals surface area contributed by atoms with Crippen LogP contribution in [0.15, 0.2) is 36.4 Å². The highest BCUT2D eigenvalue weighted by Gasteiger charge is 2.53. The Morgan fingerprint density at radius 2 is 1.66 bits per heavy atom. The number of rotatable bonds is 4. The topological polar surface area (TPSA) is 69.6 Å². The van der Waals surface area contributed by atoms with Crippen molar-refractivity contribution in [1.82, 2.24) is 4.90 Å². The number of aliphatic hydroxyl groups is 1. The number of halogens is 5. The zero-order chi connectivity index (χ0) is 23.2. The molecular formula is C22H19ClF4N2O3. The molecule has 5 nitrogen and oxygen atoms in total. The van der Waals surface area contributed by atoms with Gasteiger partial charge in [0.1, 0.15) is 11.6 Å². The number of alkyl halides is 2. The molecule has 2 aromatic rings. The fourth-order valence-corrected chi connectivity index (χ4v) is 4.62. The first-order valence-electron chi connectivity index (χ1n) is 10.0. The summed E-state index contributed by atoms with van der Waals surface area (Å²) >= 11 is 5.66. The summed E-state index contributed by atoms with van der Waals surface area (Å²) in [5, 5.41) is 12.0. The number of hydrogen-bond acceptors (Lipinski definition) is 3. The van der Waals surface area contributed by atoms with Gasteiger partial charge in [-0.1, -0.05) is 11.6 Å². The van der Waals surface area contributed by atoms with E-state index in [1.807, 2.05) is 0 Å². The number of benzene rings is 2. The van der Waals surface area contributed by atoms with Crippen molar-refractivity contribution in [3.63, 3.8) is 0 Å². The Morgan fingerprint density at radius 3 is 2.28 bits per heavy atom. The second-order valence-corrected chi connectivity index (χ2v) is 8.48. The minimum atomic E-state index is -4.21. The minimum absolute atomic E-state index is 0.110. The van der Waals surface area contributed by atoms with Gasteiger partial charge in [-0.25, -0.2) is 8.78 Å². The maximum Gasteiger partial charge on any atom is 0.352 e. The molecule has 2 aliphatic rings. The normalized spacial score (nSPS) is 22.7. The number of amides is 2. The summed E-state index contributed by atoms with van der Waals surface area (Å²) in [7, 11) is 0. The maximum absolute atomic E-state index is 15.1. The molecule has 2 saturated heterocycles. The molecular weight excluding hydrogens is 452 g/mol. The van der Waals surface area contributed by atoms with Gasteiger partial charge in [0.25, 0.3) is 11.8 Å². The predicted octanol–water partition coefficient (Wildman–Crippen LogP) is 4.48. The van der Waals surface area contributed by atoms with E-state index in [9.17, 15) is 23.5 Å². The highest BCUT2D eigenvalue weighted by Crippen LogP contribution is 2.41. The minimum Gasteiger partial charge on any atom is -0.393 e. The third-order valence-electron chi connectivity index (χ3n) is 5.96. The molecule has 2 amide bonds. The Kier molecular flexibility index (Phi) is 5.89. The molecule has 2 bridgehead atoms. The van der Waals surface area contributed by atoms with Crippen LogP contribution < -0.4 is 5.32 Å². The number of fused-ring (bicyclic) bond motifs is 2. The average molecular weight is 471 g/mol. The van der Waals surface area contributed by atoms with Crippen molar-refractivity contribution >= 4 is 29.1 Å². The van der Waals surface area contributed by atoms with Crippen LogP contribution >= 0.6 is 11.6 Å². The molecule has 0 saturated carbocycles. The van der Waals surface area contributed by atoms with Gasteiger partial charge < -0.3 is 15.3 Å². The number of aliphatic hydroxyl groups excluding tert-OH is 1. The second kappa shape index (κ2) is 8.37. The van der Waals surface area contributed by atoms with Gasteiger partial charge in [-0.05, 0) is 62.1 Å². The number of anilines is 1. The lowest BCUT2D eigenvalue weighted by Gasteiger charge is -2.39. The van der Waals surface area contributed by atoms with Gasteiger partial charge in [0.2, 0.25) is 0 Å². The monoisotopic (exact) mass is 470 g/mol. The van der Waals surface area contributed by atoms with Crippen molar-refractivity contribution in [2.75, 3.05) is 5.32 Å². The van der Waals surface area contributed by atoms with Crippen LogP contribution in [0.1, 0.15) is 41.6 Å². The molecule has 170 valence electrons. The molecule has 10 heteroatoms. The maximum atomic E-state index is 15.1. The number of nitrogens with one attached hydrogen (secondary N) is 1. The number of carbonyl (C=O) groups is 2. The molecule has 0 radical (unpaired) electrons. The van der Waals surface area contributed by atoms with Crippen LogP contribution in [0.3, 0.4) is 0 Å². The fourth-order valence-electron chi connectivity index (χ4n) is 4.44. The summed E-state index contributed by atoms with van der Waals surface area (Å²) in [6.07, 6.45) is 0.727. The SMILES string of the molecule is O=C(Nc1ccc(F)c(Cl)c1)c1ccc(F)c(C(F)(F)C(=O)N2[C@@H]3CC[C@H]2C[C@@H](O)C3)c1. The van der Waals surface area contributed by atoms with E-state index in [1.54, 1.807) is 0 Å². The molecule has 0 aliphatic carbocycles. The molecule has 3 atom stereocenters. The average Bonchev–Trinajstić information content (AvgIpc) is 3.00. The van der Waals surface area contributed by atoms with Gasteiger partial charge in [-0.3, -0.25) is 9.59 Å².